The lowest BCUT2D eigenvalue weighted by molar-refractivity contribution is 0.295. The minimum absolute atomic E-state index is 0.138. The van der Waals surface area contributed by atoms with Crippen LogP contribution in [0.4, 0.5) is 0 Å². The van der Waals surface area contributed by atoms with Crippen LogP contribution in [0, 0.1) is 6.92 Å². The van der Waals surface area contributed by atoms with Crippen LogP contribution < -0.4 is 0 Å². The zero-order valence-electron chi connectivity index (χ0n) is 10.7. The first-order chi connectivity index (χ1) is 8.63. The number of nitrogens with zero attached hydrogens (tertiary/aromatic N) is 2. The number of hydrogen-bond acceptors (Lipinski definition) is 2. The molecule has 18 heavy (non-hydrogen) atoms. The van der Waals surface area contributed by atoms with Crippen LogP contribution in [0.1, 0.15) is 22.8 Å². The third-order valence-electron chi connectivity index (χ3n) is 3.22. The average Bonchev–Trinajstić information content (AvgIpc) is 2.61. The first kappa shape index (κ1) is 13.3. The molecule has 0 aliphatic rings. The zero-order valence-corrected chi connectivity index (χ0v) is 12.2. The highest BCUT2D eigenvalue weighted by Crippen LogP contribution is 2.21. The van der Waals surface area contributed by atoms with Crippen molar-refractivity contribution < 1.29 is 5.11 Å². The smallest absolute Gasteiger partial charge is 0.111 e. The van der Waals surface area contributed by atoms with Crippen molar-refractivity contribution in [2.75, 3.05) is 6.61 Å². The van der Waals surface area contributed by atoms with Gasteiger partial charge in [0.1, 0.15) is 5.82 Å². The summed E-state index contributed by atoms with van der Waals surface area (Å²) in [5.41, 5.74) is 3.47. The first-order valence-corrected chi connectivity index (χ1v) is 6.78. The van der Waals surface area contributed by atoms with Gasteiger partial charge in [-0.2, -0.15) is 0 Å². The molecule has 0 radical (unpaired) electrons. The van der Waals surface area contributed by atoms with Crippen molar-refractivity contribution >= 4 is 15.9 Å². The summed E-state index contributed by atoms with van der Waals surface area (Å²) in [5.74, 6) is 0.942. The van der Waals surface area contributed by atoms with Crippen LogP contribution in [-0.2, 0) is 19.9 Å². The van der Waals surface area contributed by atoms with E-state index in [4.69, 9.17) is 5.11 Å². The predicted octanol–water partition coefficient (Wildman–Crippen LogP) is 2.62. The maximum absolute atomic E-state index is 9.02. The Balaban J connectivity index is 2.30. The summed E-state index contributed by atoms with van der Waals surface area (Å²) in [6, 6.07) is 8.19. The van der Waals surface area contributed by atoms with Gasteiger partial charge in [-0.15, -0.1) is 0 Å². The van der Waals surface area contributed by atoms with E-state index in [2.05, 4.69) is 38.5 Å². The van der Waals surface area contributed by atoms with Crippen molar-refractivity contribution in [3.63, 3.8) is 0 Å². The van der Waals surface area contributed by atoms with Gasteiger partial charge in [0.05, 0.1) is 12.3 Å². The Labute approximate surface area is 116 Å². The Kier molecular flexibility index (Phi) is 4.19. The van der Waals surface area contributed by atoms with Gasteiger partial charge in [0, 0.05) is 30.1 Å². The van der Waals surface area contributed by atoms with Crippen LogP contribution in [0.15, 0.2) is 28.7 Å². The van der Waals surface area contributed by atoms with Crippen LogP contribution in [0.25, 0.3) is 0 Å². The molecule has 0 saturated carbocycles. The van der Waals surface area contributed by atoms with Crippen LogP contribution in [0.5, 0.6) is 0 Å². The highest BCUT2D eigenvalue weighted by Gasteiger charge is 2.12. The molecule has 0 aliphatic heterocycles. The van der Waals surface area contributed by atoms with Crippen molar-refractivity contribution in [3.8, 4) is 0 Å². The summed E-state index contributed by atoms with van der Waals surface area (Å²) in [6.07, 6.45) is 1.42. The normalized spacial score (nSPS) is 10.9. The van der Waals surface area contributed by atoms with E-state index in [0.29, 0.717) is 6.42 Å². The molecule has 0 amide bonds. The van der Waals surface area contributed by atoms with E-state index >= 15 is 0 Å². The number of aliphatic hydroxyl groups excluding tert-OH is 1. The molecule has 1 aromatic heterocycles. The SMILES string of the molecule is Cc1c(Cc2ccccc2Br)nc(CCO)n1C. The van der Waals surface area contributed by atoms with Crippen molar-refractivity contribution in [2.45, 2.75) is 19.8 Å². The van der Waals surface area contributed by atoms with Gasteiger partial charge in [-0.25, -0.2) is 4.98 Å². The van der Waals surface area contributed by atoms with Gasteiger partial charge in [-0.3, -0.25) is 0 Å². The maximum atomic E-state index is 9.02. The Hall–Kier alpha value is -1.13. The third-order valence-corrected chi connectivity index (χ3v) is 4.00. The van der Waals surface area contributed by atoms with Crippen molar-refractivity contribution in [1.82, 2.24) is 9.55 Å². The number of aliphatic hydroxyl groups is 1. The van der Waals surface area contributed by atoms with E-state index in [0.717, 1.165) is 28.1 Å². The molecule has 0 bridgehead atoms. The molecule has 0 unspecified atom stereocenters. The summed E-state index contributed by atoms with van der Waals surface area (Å²) >= 11 is 3.56. The summed E-state index contributed by atoms with van der Waals surface area (Å²) in [7, 11) is 2.00. The van der Waals surface area contributed by atoms with Crippen LogP contribution in [0.2, 0.25) is 0 Å². The molecule has 0 saturated heterocycles. The van der Waals surface area contributed by atoms with Gasteiger partial charge in [0.25, 0.3) is 0 Å². The second-order valence-corrected chi connectivity index (χ2v) is 5.22. The number of hydrogen-bond donors (Lipinski definition) is 1. The molecule has 2 aromatic rings. The molecular formula is C14H17BrN2O. The van der Waals surface area contributed by atoms with E-state index in [-0.39, 0.29) is 6.61 Å². The number of imidazole rings is 1. The second-order valence-electron chi connectivity index (χ2n) is 4.36. The predicted molar refractivity (Wildman–Crippen MR) is 75.7 cm³/mol. The van der Waals surface area contributed by atoms with Crippen molar-refractivity contribution in [2.24, 2.45) is 7.05 Å². The molecule has 1 N–H and O–H groups in total. The number of benzene rings is 1. The molecule has 0 aliphatic carbocycles. The number of aromatic nitrogens is 2. The molecule has 0 spiro atoms. The zero-order chi connectivity index (χ0) is 13.1. The van der Waals surface area contributed by atoms with Crippen molar-refractivity contribution in [1.29, 1.82) is 0 Å². The Bertz CT molecular complexity index is 549. The van der Waals surface area contributed by atoms with Crippen LogP contribution in [0.3, 0.4) is 0 Å². The monoisotopic (exact) mass is 308 g/mol. The molecule has 3 nitrogen and oxygen atoms in total. The molecule has 1 heterocycles. The van der Waals surface area contributed by atoms with Crippen molar-refractivity contribution in [3.05, 3.63) is 51.5 Å². The molecule has 0 fully saturated rings. The quantitative estimate of drug-likeness (QED) is 0.943. The largest absolute Gasteiger partial charge is 0.396 e. The minimum Gasteiger partial charge on any atom is -0.396 e. The third kappa shape index (κ3) is 2.65. The van der Waals surface area contributed by atoms with E-state index in [1.807, 2.05) is 25.2 Å². The highest BCUT2D eigenvalue weighted by molar-refractivity contribution is 9.10. The number of rotatable bonds is 4. The van der Waals surface area contributed by atoms with Gasteiger partial charge >= 0.3 is 0 Å². The van der Waals surface area contributed by atoms with Gasteiger partial charge in [-0.1, -0.05) is 34.1 Å². The highest BCUT2D eigenvalue weighted by atomic mass is 79.9. The molecule has 2 rings (SSSR count). The fraction of sp³-hybridized carbons (Fsp3) is 0.357. The Morgan fingerprint density at radius 3 is 2.72 bits per heavy atom. The Morgan fingerprint density at radius 1 is 1.33 bits per heavy atom. The molecule has 0 atom stereocenters. The number of halogens is 1. The lowest BCUT2D eigenvalue weighted by Crippen LogP contribution is -2.01. The summed E-state index contributed by atoms with van der Waals surface area (Å²) in [4.78, 5) is 4.62. The van der Waals surface area contributed by atoms with Gasteiger partial charge < -0.3 is 9.67 Å². The van der Waals surface area contributed by atoms with E-state index in [1.54, 1.807) is 0 Å². The van der Waals surface area contributed by atoms with E-state index in [9.17, 15) is 0 Å². The fourth-order valence-electron chi connectivity index (χ4n) is 2.01. The van der Waals surface area contributed by atoms with Crippen LogP contribution in [-0.4, -0.2) is 21.3 Å². The summed E-state index contributed by atoms with van der Waals surface area (Å²) in [5, 5.41) is 9.02. The van der Waals surface area contributed by atoms with Crippen LogP contribution >= 0.6 is 15.9 Å². The topological polar surface area (TPSA) is 38.1 Å². The Morgan fingerprint density at radius 2 is 2.06 bits per heavy atom. The van der Waals surface area contributed by atoms with E-state index in [1.165, 1.54) is 5.56 Å². The summed E-state index contributed by atoms with van der Waals surface area (Å²) < 4.78 is 3.17. The van der Waals surface area contributed by atoms with Gasteiger partial charge in [0.15, 0.2) is 0 Å². The second kappa shape index (κ2) is 5.67. The van der Waals surface area contributed by atoms with Gasteiger partial charge in [-0.05, 0) is 18.6 Å². The minimum atomic E-state index is 0.138. The fourth-order valence-corrected chi connectivity index (χ4v) is 2.44. The summed E-state index contributed by atoms with van der Waals surface area (Å²) in [6.45, 7) is 2.21. The lowest BCUT2D eigenvalue weighted by Gasteiger charge is -2.03. The molecule has 1 aromatic carbocycles. The van der Waals surface area contributed by atoms with E-state index < -0.39 is 0 Å². The maximum Gasteiger partial charge on any atom is 0.111 e. The average molecular weight is 309 g/mol. The van der Waals surface area contributed by atoms with Gasteiger partial charge in [0.2, 0.25) is 0 Å². The lowest BCUT2D eigenvalue weighted by atomic mass is 10.1. The molecular weight excluding hydrogens is 292 g/mol. The molecule has 4 heteroatoms. The molecule has 96 valence electrons. The standard InChI is InChI=1S/C14H17BrN2O/c1-10-13(16-14(7-8-18)17(10)2)9-11-5-3-4-6-12(11)15/h3-6,18H,7-9H2,1-2H3. The first-order valence-electron chi connectivity index (χ1n) is 5.98.